The Morgan fingerprint density at radius 2 is 2.12 bits per heavy atom. The van der Waals surface area contributed by atoms with Crippen molar-refractivity contribution in [1.82, 2.24) is 25.5 Å². The van der Waals surface area contributed by atoms with Crippen molar-refractivity contribution in [3.63, 3.8) is 0 Å². The summed E-state index contributed by atoms with van der Waals surface area (Å²) in [5.41, 5.74) is 2.33. The van der Waals surface area contributed by atoms with Gasteiger partial charge < -0.3 is 20.3 Å². The minimum absolute atomic E-state index is 0.234. The lowest BCUT2D eigenvalue weighted by Crippen LogP contribution is -2.27. The van der Waals surface area contributed by atoms with Crippen molar-refractivity contribution in [2.24, 2.45) is 5.92 Å². The standard InChI is InChI=1S/C19H26N6O/c1-25(2)19-22-18(23-24-19)13-7-14(17(26)9-13)10-20-11-15-8-12-5-3-4-6-16(12)21-15/h3-6,8,13-14,17,20-21,26H,7,9-11H2,1-2H3,(H,22,23,24)/t13-,14+,17+/m0/s1. The van der Waals surface area contributed by atoms with Gasteiger partial charge in [0.25, 0.3) is 0 Å². The van der Waals surface area contributed by atoms with Crippen LogP contribution in [0.1, 0.15) is 30.3 Å². The van der Waals surface area contributed by atoms with E-state index in [0.29, 0.717) is 5.95 Å². The molecule has 0 bridgehead atoms. The molecule has 7 heteroatoms. The first kappa shape index (κ1) is 17.1. The number of fused-ring (bicyclic) bond motifs is 1. The summed E-state index contributed by atoms with van der Waals surface area (Å²) in [6.07, 6.45) is 1.35. The molecule has 1 aliphatic rings. The molecule has 26 heavy (non-hydrogen) atoms. The minimum Gasteiger partial charge on any atom is -0.393 e. The number of benzene rings is 1. The van der Waals surface area contributed by atoms with E-state index in [-0.39, 0.29) is 17.9 Å². The summed E-state index contributed by atoms with van der Waals surface area (Å²) in [6.45, 7) is 1.57. The first-order valence-electron chi connectivity index (χ1n) is 9.15. The third kappa shape index (κ3) is 3.45. The third-order valence-corrected chi connectivity index (χ3v) is 5.24. The number of nitrogens with zero attached hydrogens (tertiary/aromatic N) is 3. The molecule has 0 amide bonds. The lowest BCUT2D eigenvalue weighted by molar-refractivity contribution is 0.131. The fourth-order valence-electron chi connectivity index (χ4n) is 3.81. The number of hydrogen-bond donors (Lipinski definition) is 4. The van der Waals surface area contributed by atoms with Crippen molar-refractivity contribution < 1.29 is 5.11 Å². The van der Waals surface area contributed by atoms with Gasteiger partial charge in [0.05, 0.1) is 6.10 Å². The number of anilines is 1. The lowest BCUT2D eigenvalue weighted by Gasteiger charge is -2.14. The quantitative estimate of drug-likeness (QED) is 0.543. The topological polar surface area (TPSA) is 92.9 Å². The van der Waals surface area contributed by atoms with Gasteiger partial charge in [-0.25, -0.2) is 0 Å². The Morgan fingerprint density at radius 1 is 1.27 bits per heavy atom. The van der Waals surface area contributed by atoms with E-state index in [9.17, 15) is 5.11 Å². The van der Waals surface area contributed by atoms with Crippen LogP contribution in [0.25, 0.3) is 10.9 Å². The van der Waals surface area contributed by atoms with Crippen molar-refractivity contribution in [3.05, 3.63) is 41.9 Å². The smallest absolute Gasteiger partial charge is 0.244 e. The van der Waals surface area contributed by atoms with Gasteiger partial charge in [0.15, 0.2) is 0 Å². The zero-order valence-electron chi connectivity index (χ0n) is 15.2. The van der Waals surface area contributed by atoms with E-state index in [1.54, 1.807) is 0 Å². The molecular weight excluding hydrogens is 328 g/mol. The molecule has 0 aliphatic heterocycles. The molecule has 4 rings (SSSR count). The second-order valence-electron chi connectivity index (χ2n) is 7.42. The molecule has 3 aromatic rings. The predicted molar refractivity (Wildman–Crippen MR) is 102 cm³/mol. The van der Waals surface area contributed by atoms with Gasteiger partial charge >= 0.3 is 0 Å². The molecule has 0 spiro atoms. The summed E-state index contributed by atoms with van der Waals surface area (Å²) in [6, 6.07) is 10.5. The van der Waals surface area contributed by atoms with Gasteiger partial charge in [0.2, 0.25) is 5.95 Å². The van der Waals surface area contributed by atoms with Gasteiger partial charge in [0.1, 0.15) is 5.82 Å². The maximum Gasteiger partial charge on any atom is 0.244 e. The molecule has 1 saturated carbocycles. The highest BCUT2D eigenvalue weighted by molar-refractivity contribution is 5.80. The number of rotatable bonds is 6. The van der Waals surface area contributed by atoms with Crippen LogP contribution in [0.4, 0.5) is 5.95 Å². The largest absolute Gasteiger partial charge is 0.393 e. The van der Waals surface area contributed by atoms with Crippen molar-refractivity contribution in [2.45, 2.75) is 31.4 Å². The average Bonchev–Trinajstić information content (AvgIpc) is 3.32. The van der Waals surface area contributed by atoms with Gasteiger partial charge in [-0.2, -0.15) is 4.98 Å². The Balaban J connectivity index is 1.32. The maximum atomic E-state index is 10.4. The van der Waals surface area contributed by atoms with E-state index in [0.717, 1.165) is 37.3 Å². The Labute approximate surface area is 152 Å². The Kier molecular flexibility index (Phi) is 4.65. The highest BCUT2D eigenvalue weighted by Gasteiger charge is 2.35. The average molecular weight is 354 g/mol. The van der Waals surface area contributed by atoms with Crippen LogP contribution < -0.4 is 10.2 Å². The second kappa shape index (κ2) is 7.09. The first-order chi connectivity index (χ1) is 12.6. The SMILES string of the molecule is CN(C)c1n[nH]c([C@H]2C[C@H](CNCc3cc4ccccc4[nH]3)[C@H](O)C2)n1. The lowest BCUT2D eigenvalue weighted by atomic mass is 10.0. The summed E-state index contributed by atoms with van der Waals surface area (Å²) in [7, 11) is 3.85. The molecule has 2 heterocycles. The number of aliphatic hydroxyl groups excluding tert-OH is 1. The molecule has 138 valence electrons. The molecule has 7 nitrogen and oxygen atoms in total. The maximum absolute atomic E-state index is 10.4. The van der Waals surface area contributed by atoms with E-state index < -0.39 is 0 Å². The van der Waals surface area contributed by atoms with Crippen LogP contribution >= 0.6 is 0 Å². The van der Waals surface area contributed by atoms with Gasteiger partial charge in [-0.1, -0.05) is 18.2 Å². The van der Waals surface area contributed by atoms with Gasteiger partial charge in [-0.05, 0) is 36.3 Å². The Morgan fingerprint density at radius 3 is 2.88 bits per heavy atom. The summed E-state index contributed by atoms with van der Waals surface area (Å²) < 4.78 is 0. The number of para-hydroxylation sites is 1. The van der Waals surface area contributed by atoms with Crippen LogP contribution in [0.5, 0.6) is 0 Å². The zero-order chi connectivity index (χ0) is 18.1. The summed E-state index contributed by atoms with van der Waals surface area (Å²) >= 11 is 0. The highest BCUT2D eigenvalue weighted by atomic mass is 16.3. The number of aliphatic hydroxyl groups is 1. The van der Waals surface area contributed by atoms with Crippen LogP contribution in [-0.4, -0.2) is 52.0 Å². The predicted octanol–water partition coefficient (Wildman–Crippen LogP) is 2.00. The van der Waals surface area contributed by atoms with Crippen LogP contribution in [0.3, 0.4) is 0 Å². The molecule has 1 aromatic carbocycles. The van der Waals surface area contributed by atoms with Crippen molar-refractivity contribution in [1.29, 1.82) is 0 Å². The monoisotopic (exact) mass is 354 g/mol. The Bertz CT molecular complexity index is 837. The van der Waals surface area contributed by atoms with Gasteiger partial charge in [-0.15, -0.1) is 5.10 Å². The molecule has 1 fully saturated rings. The van der Waals surface area contributed by atoms with Crippen molar-refractivity contribution >= 4 is 16.9 Å². The summed E-state index contributed by atoms with van der Waals surface area (Å²) in [5, 5.41) is 22.4. The van der Waals surface area contributed by atoms with Crippen LogP contribution in [0.2, 0.25) is 0 Å². The van der Waals surface area contributed by atoms with E-state index in [1.165, 1.54) is 11.1 Å². The molecule has 4 N–H and O–H groups in total. The summed E-state index contributed by atoms with van der Waals surface area (Å²) in [4.78, 5) is 9.84. The van der Waals surface area contributed by atoms with E-state index in [4.69, 9.17) is 0 Å². The van der Waals surface area contributed by atoms with Gasteiger partial charge in [0, 0.05) is 44.3 Å². The number of aromatic amines is 2. The van der Waals surface area contributed by atoms with E-state index >= 15 is 0 Å². The first-order valence-corrected chi connectivity index (χ1v) is 9.15. The number of aromatic nitrogens is 4. The molecule has 3 atom stereocenters. The van der Waals surface area contributed by atoms with E-state index in [1.807, 2.05) is 31.1 Å². The normalized spacial score (nSPS) is 23.0. The van der Waals surface area contributed by atoms with Crippen LogP contribution in [-0.2, 0) is 6.54 Å². The molecule has 0 unspecified atom stereocenters. The summed E-state index contributed by atoms with van der Waals surface area (Å²) in [5.74, 6) is 2.05. The zero-order valence-corrected chi connectivity index (χ0v) is 15.2. The minimum atomic E-state index is -0.303. The highest BCUT2D eigenvalue weighted by Crippen LogP contribution is 2.37. The van der Waals surface area contributed by atoms with Crippen molar-refractivity contribution in [3.8, 4) is 0 Å². The fraction of sp³-hybridized carbons (Fsp3) is 0.474. The van der Waals surface area contributed by atoms with Crippen molar-refractivity contribution in [2.75, 3.05) is 25.5 Å². The molecule has 0 saturated heterocycles. The molecule has 1 aliphatic carbocycles. The van der Waals surface area contributed by atoms with Crippen LogP contribution in [0, 0.1) is 5.92 Å². The van der Waals surface area contributed by atoms with Crippen LogP contribution in [0.15, 0.2) is 30.3 Å². The Hall–Kier alpha value is -2.38. The van der Waals surface area contributed by atoms with Gasteiger partial charge in [-0.3, -0.25) is 5.10 Å². The third-order valence-electron chi connectivity index (χ3n) is 5.24. The molecule has 2 aromatic heterocycles. The molecule has 0 radical (unpaired) electrons. The molecular formula is C19H26N6O. The van der Waals surface area contributed by atoms with E-state index in [2.05, 4.69) is 43.7 Å². The number of H-pyrrole nitrogens is 2. The second-order valence-corrected chi connectivity index (χ2v) is 7.42. The number of hydrogen-bond acceptors (Lipinski definition) is 5. The number of nitrogens with one attached hydrogen (secondary N) is 3. The fourth-order valence-corrected chi connectivity index (χ4v) is 3.81.